The number of hydrogen-bond acceptors (Lipinski definition) is 3. The molecule has 0 amide bonds. The van der Waals surface area contributed by atoms with Crippen molar-refractivity contribution in [2.45, 2.75) is 64.5 Å². The molecule has 6 nitrogen and oxygen atoms in total. The summed E-state index contributed by atoms with van der Waals surface area (Å²) < 4.78 is 2.01. The fraction of sp³-hybridized carbons (Fsp3) is 0.591. The fourth-order valence-electron chi connectivity index (χ4n) is 4.05. The molecule has 2 aromatic rings. The maximum atomic E-state index is 4.84. The number of aromatic nitrogens is 3. The number of aliphatic imine (C=N–C) groups is 1. The van der Waals surface area contributed by atoms with Gasteiger partial charge in [-0.25, -0.2) is 4.99 Å². The highest BCUT2D eigenvalue weighted by Gasteiger charge is 2.42. The summed E-state index contributed by atoms with van der Waals surface area (Å²) in [5.41, 5.74) is 1.81. The summed E-state index contributed by atoms with van der Waals surface area (Å²) in [5, 5.41) is 15.7. The van der Waals surface area contributed by atoms with Crippen LogP contribution in [0.4, 0.5) is 0 Å². The molecule has 1 aromatic heterocycles. The average molecular weight is 508 g/mol. The van der Waals surface area contributed by atoms with Gasteiger partial charge in [-0.05, 0) is 50.0 Å². The number of guanidine groups is 1. The van der Waals surface area contributed by atoms with Gasteiger partial charge in [-0.2, -0.15) is 0 Å². The van der Waals surface area contributed by atoms with Gasteiger partial charge in [0.15, 0.2) is 11.8 Å². The van der Waals surface area contributed by atoms with Crippen molar-refractivity contribution in [2.75, 3.05) is 6.54 Å². The molecule has 2 fully saturated rings. The van der Waals surface area contributed by atoms with Gasteiger partial charge < -0.3 is 15.2 Å². The third-order valence-electron chi connectivity index (χ3n) is 6.27. The Morgan fingerprint density at radius 1 is 1.17 bits per heavy atom. The van der Waals surface area contributed by atoms with Gasteiger partial charge in [0.05, 0.1) is 0 Å². The van der Waals surface area contributed by atoms with Crippen LogP contribution in [0.15, 0.2) is 35.3 Å². The van der Waals surface area contributed by atoms with Crippen LogP contribution in [0.2, 0.25) is 0 Å². The highest BCUT2D eigenvalue weighted by Crippen LogP contribution is 2.47. The predicted octanol–water partition coefficient (Wildman–Crippen LogP) is 3.74. The monoisotopic (exact) mass is 508 g/mol. The van der Waals surface area contributed by atoms with Crippen molar-refractivity contribution >= 4 is 29.9 Å². The van der Waals surface area contributed by atoms with Gasteiger partial charge in [-0.1, -0.05) is 43.2 Å². The highest BCUT2D eigenvalue weighted by molar-refractivity contribution is 14.0. The van der Waals surface area contributed by atoms with E-state index in [9.17, 15) is 0 Å². The van der Waals surface area contributed by atoms with Crippen LogP contribution in [0.25, 0.3) is 0 Å². The van der Waals surface area contributed by atoms with Crippen molar-refractivity contribution in [3.63, 3.8) is 0 Å². The second kappa shape index (κ2) is 9.91. The van der Waals surface area contributed by atoms with Gasteiger partial charge in [0.25, 0.3) is 0 Å². The minimum atomic E-state index is 0. The Labute approximate surface area is 191 Å². The van der Waals surface area contributed by atoms with Crippen molar-refractivity contribution in [3.8, 4) is 0 Å². The minimum Gasteiger partial charge on any atom is -0.356 e. The first-order valence-electron chi connectivity index (χ1n) is 10.6. The molecule has 0 unspecified atom stereocenters. The first-order chi connectivity index (χ1) is 13.6. The average Bonchev–Trinajstić information content (AvgIpc) is 3.12. The van der Waals surface area contributed by atoms with Crippen molar-refractivity contribution in [1.82, 2.24) is 25.4 Å². The summed E-state index contributed by atoms with van der Waals surface area (Å²) in [6, 6.07) is 11.4. The number of benzene rings is 1. The molecule has 1 aromatic carbocycles. The molecule has 2 aliphatic carbocycles. The van der Waals surface area contributed by atoms with Crippen LogP contribution in [0.3, 0.4) is 0 Å². The first kappa shape index (κ1) is 22.1. The largest absolute Gasteiger partial charge is 0.356 e. The molecule has 2 N–H and O–H groups in total. The van der Waals surface area contributed by atoms with Crippen molar-refractivity contribution < 1.29 is 0 Å². The lowest BCUT2D eigenvalue weighted by Gasteiger charge is -2.21. The molecule has 7 heteroatoms. The van der Waals surface area contributed by atoms with E-state index >= 15 is 0 Å². The number of nitrogens with zero attached hydrogens (tertiary/aromatic N) is 4. The summed E-state index contributed by atoms with van der Waals surface area (Å²) in [6.07, 6.45) is 8.80. The summed E-state index contributed by atoms with van der Waals surface area (Å²) in [6.45, 7) is 3.49. The van der Waals surface area contributed by atoms with Crippen molar-refractivity contribution in [2.24, 2.45) is 17.5 Å². The number of halogens is 1. The quantitative estimate of drug-likeness (QED) is 0.340. The molecule has 0 spiro atoms. The van der Waals surface area contributed by atoms with Crippen LogP contribution in [0, 0.1) is 12.3 Å². The van der Waals surface area contributed by atoms with E-state index in [2.05, 4.69) is 51.2 Å². The molecular formula is C22H33IN6. The predicted molar refractivity (Wildman–Crippen MR) is 128 cm³/mol. The number of aryl methyl sites for hydroxylation is 1. The van der Waals surface area contributed by atoms with E-state index in [-0.39, 0.29) is 24.0 Å². The van der Waals surface area contributed by atoms with E-state index in [1.807, 2.05) is 18.5 Å². The fourth-order valence-corrected chi connectivity index (χ4v) is 4.05. The molecule has 29 heavy (non-hydrogen) atoms. The molecule has 0 radical (unpaired) electrons. The van der Waals surface area contributed by atoms with Crippen molar-refractivity contribution in [3.05, 3.63) is 47.5 Å². The Balaban J connectivity index is 0.00000240. The molecule has 1 heterocycles. The summed E-state index contributed by atoms with van der Waals surface area (Å²) >= 11 is 0. The van der Waals surface area contributed by atoms with Crippen LogP contribution in [0.5, 0.6) is 0 Å². The Morgan fingerprint density at radius 3 is 2.52 bits per heavy atom. The Bertz CT molecular complexity index is 806. The van der Waals surface area contributed by atoms with Crippen molar-refractivity contribution in [1.29, 1.82) is 0 Å². The minimum absolute atomic E-state index is 0. The van der Waals surface area contributed by atoms with E-state index in [1.54, 1.807) is 0 Å². The second-order valence-electron chi connectivity index (χ2n) is 8.53. The lowest BCUT2D eigenvalue weighted by Crippen LogP contribution is -2.44. The Morgan fingerprint density at radius 2 is 1.90 bits per heavy atom. The molecule has 0 saturated heterocycles. The Kier molecular flexibility index (Phi) is 7.54. The zero-order valence-corrected chi connectivity index (χ0v) is 19.9. The lowest BCUT2D eigenvalue weighted by molar-refractivity contribution is 0.487. The summed E-state index contributed by atoms with van der Waals surface area (Å²) in [5.74, 6) is 2.74. The van der Waals surface area contributed by atoms with Gasteiger partial charge in [0.2, 0.25) is 0 Å². The zero-order valence-electron chi connectivity index (χ0n) is 17.5. The molecule has 0 atom stereocenters. The normalized spacial score (nSPS) is 18.3. The van der Waals surface area contributed by atoms with Crippen LogP contribution in [-0.4, -0.2) is 33.3 Å². The van der Waals surface area contributed by atoms with E-state index < -0.39 is 0 Å². The van der Waals surface area contributed by atoms with Gasteiger partial charge >= 0.3 is 0 Å². The zero-order chi connectivity index (χ0) is 19.4. The maximum Gasteiger partial charge on any atom is 0.191 e. The van der Waals surface area contributed by atoms with E-state index in [0.29, 0.717) is 18.0 Å². The highest BCUT2D eigenvalue weighted by atomic mass is 127. The smallest absolute Gasteiger partial charge is 0.191 e. The topological polar surface area (TPSA) is 67.1 Å². The van der Waals surface area contributed by atoms with Crippen LogP contribution >= 0.6 is 24.0 Å². The summed E-state index contributed by atoms with van der Waals surface area (Å²) in [7, 11) is 2.00. The van der Waals surface area contributed by atoms with Gasteiger partial charge in [-0.15, -0.1) is 34.2 Å². The molecule has 2 saturated carbocycles. The van der Waals surface area contributed by atoms with Gasteiger partial charge in [-0.3, -0.25) is 0 Å². The molecule has 4 rings (SSSR count). The maximum absolute atomic E-state index is 4.84. The number of rotatable bonds is 7. The molecule has 0 aliphatic heterocycles. The second-order valence-corrected chi connectivity index (χ2v) is 8.53. The number of nitrogens with one attached hydrogen (secondary N) is 2. The van der Waals surface area contributed by atoms with E-state index in [0.717, 1.165) is 30.6 Å². The van der Waals surface area contributed by atoms with E-state index in [1.165, 1.54) is 44.1 Å². The van der Waals surface area contributed by atoms with E-state index in [4.69, 9.17) is 4.99 Å². The molecule has 0 bridgehead atoms. The molecular weight excluding hydrogens is 475 g/mol. The molecule has 2 aliphatic rings. The van der Waals surface area contributed by atoms with Crippen LogP contribution < -0.4 is 10.6 Å². The number of hydrogen-bond donors (Lipinski definition) is 2. The standard InChI is InChI=1S/C22H32N6.HI/c1-17-26-27-20(28(17)2)15-23-21(25-19-10-6-7-11-19)24-16-22(12-13-22)14-18-8-4-3-5-9-18;/h3-5,8-9,19H,6-7,10-16H2,1-2H3,(H2,23,24,25);1H. The van der Waals surface area contributed by atoms with Crippen LogP contribution in [-0.2, 0) is 20.0 Å². The third-order valence-corrected chi connectivity index (χ3v) is 6.27. The van der Waals surface area contributed by atoms with Crippen LogP contribution in [0.1, 0.15) is 55.7 Å². The lowest BCUT2D eigenvalue weighted by atomic mass is 9.96. The third kappa shape index (κ3) is 5.93. The summed E-state index contributed by atoms with van der Waals surface area (Å²) in [4.78, 5) is 4.84. The Hall–Kier alpha value is -1.64. The van der Waals surface area contributed by atoms with Gasteiger partial charge in [0.1, 0.15) is 12.4 Å². The van der Waals surface area contributed by atoms with Gasteiger partial charge in [0, 0.05) is 19.6 Å². The first-order valence-corrected chi connectivity index (χ1v) is 10.6. The SMILES string of the molecule is Cc1nnc(CN=C(NCC2(Cc3ccccc3)CC2)NC2CCCC2)n1C.I. The molecule has 158 valence electrons.